The molecule has 27 heavy (non-hydrogen) atoms. The first-order chi connectivity index (χ1) is 12.9. The molecule has 0 aromatic carbocycles. The Morgan fingerprint density at radius 3 is 2.33 bits per heavy atom. The maximum absolute atomic E-state index is 12.9. The van der Waals surface area contributed by atoms with Gasteiger partial charge in [0.2, 0.25) is 0 Å². The second-order valence-electron chi connectivity index (χ2n) is 7.90. The lowest BCUT2D eigenvalue weighted by Crippen LogP contribution is -2.36. The molecule has 1 aromatic rings. The van der Waals surface area contributed by atoms with Gasteiger partial charge in [-0.3, -0.25) is 9.59 Å². The van der Waals surface area contributed by atoms with Crippen LogP contribution in [-0.4, -0.2) is 35.9 Å². The van der Waals surface area contributed by atoms with Crippen molar-refractivity contribution >= 4 is 17.7 Å². The quantitative estimate of drug-likeness (QED) is 0.642. The zero-order chi connectivity index (χ0) is 19.6. The lowest BCUT2D eigenvalue weighted by molar-refractivity contribution is -0.145. The fourth-order valence-electron chi connectivity index (χ4n) is 4.42. The number of ether oxygens (including phenoxy) is 2. The minimum absolute atomic E-state index is 0.0602. The van der Waals surface area contributed by atoms with E-state index in [1.54, 1.807) is 6.92 Å². The molecule has 2 aliphatic carbocycles. The van der Waals surface area contributed by atoms with Gasteiger partial charge in [-0.25, -0.2) is 4.79 Å². The highest BCUT2D eigenvalue weighted by atomic mass is 16.5. The zero-order valence-electron chi connectivity index (χ0n) is 16.4. The molecule has 0 aliphatic heterocycles. The van der Waals surface area contributed by atoms with Crippen molar-refractivity contribution in [2.45, 2.75) is 71.3 Å². The third-order valence-corrected chi connectivity index (χ3v) is 5.94. The first-order valence-electron chi connectivity index (χ1n) is 9.98. The van der Waals surface area contributed by atoms with Crippen LogP contribution in [0.25, 0.3) is 0 Å². The van der Waals surface area contributed by atoms with Crippen molar-refractivity contribution in [1.82, 2.24) is 4.98 Å². The number of nitrogens with one attached hydrogen (secondary N) is 1. The Labute approximate surface area is 160 Å². The van der Waals surface area contributed by atoms with E-state index in [1.165, 1.54) is 26.4 Å². The van der Waals surface area contributed by atoms with E-state index in [9.17, 15) is 14.4 Å². The summed E-state index contributed by atoms with van der Waals surface area (Å²) in [5, 5.41) is 0. The predicted molar refractivity (Wildman–Crippen MR) is 99.8 cm³/mol. The number of hydrogen-bond acceptors (Lipinski definition) is 5. The minimum Gasteiger partial charge on any atom is -0.468 e. The Balaban J connectivity index is 1.81. The normalized spacial score (nSPS) is 23.9. The Hall–Kier alpha value is -2.11. The summed E-state index contributed by atoms with van der Waals surface area (Å²) in [6.45, 7) is 3.59. The van der Waals surface area contributed by atoms with Gasteiger partial charge in [0.05, 0.1) is 7.11 Å². The van der Waals surface area contributed by atoms with Gasteiger partial charge in [0.1, 0.15) is 17.7 Å². The zero-order valence-corrected chi connectivity index (χ0v) is 16.4. The summed E-state index contributed by atoms with van der Waals surface area (Å²) in [5.41, 5.74) is 2.09. The van der Waals surface area contributed by atoms with Crippen molar-refractivity contribution in [1.29, 1.82) is 0 Å². The molecule has 6 heteroatoms. The Kier molecular flexibility index (Phi) is 6.02. The van der Waals surface area contributed by atoms with E-state index in [0.29, 0.717) is 23.2 Å². The van der Waals surface area contributed by atoms with Crippen LogP contribution >= 0.6 is 0 Å². The number of ketones is 1. The van der Waals surface area contributed by atoms with Gasteiger partial charge in [-0.05, 0) is 50.5 Å². The van der Waals surface area contributed by atoms with Crippen LogP contribution in [0, 0.1) is 18.8 Å². The molecule has 2 aliphatic rings. The number of fused-ring (bicyclic) bond motifs is 1. The molecule has 0 amide bonds. The molecule has 1 fully saturated rings. The van der Waals surface area contributed by atoms with Crippen molar-refractivity contribution < 1.29 is 23.9 Å². The number of methoxy groups -OCH3 is 1. The monoisotopic (exact) mass is 375 g/mol. The van der Waals surface area contributed by atoms with Crippen LogP contribution in [-0.2, 0) is 20.7 Å². The van der Waals surface area contributed by atoms with Gasteiger partial charge >= 0.3 is 11.9 Å². The topological polar surface area (TPSA) is 85.5 Å². The van der Waals surface area contributed by atoms with Gasteiger partial charge < -0.3 is 14.5 Å². The molecule has 0 bridgehead atoms. The van der Waals surface area contributed by atoms with Crippen molar-refractivity contribution in [3.8, 4) is 0 Å². The van der Waals surface area contributed by atoms with Gasteiger partial charge in [-0.2, -0.15) is 0 Å². The number of carbonyl (C=O) groups is 3. The van der Waals surface area contributed by atoms with Crippen LogP contribution in [0.4, 0.5) is 0 Å². The molecule has 1 heterocycles. The van der Waals surface area contributed by atoms with E-state index >= 15 is 0 Å². The number of rotatable bonds is 3. The molecule has 0 radical (unpaired) electrons. The third-order valence-electron chi connectivity index (χ3n) is 5.94. The molecule has 0 unspecified atom stereocenters. The number of esters is 2. The van der Waals surface area contributed by atoms with Gasteiger partial charge in [0.25, 0.3) is 0 Å². The fourth-order valence-corrected chi connectivity index (χ4v) is 4.42. The van der Waals surface area contributed by atoms with Crippen LogP contribution in [0.5, 0.6) is 0 Å². The number of carbonyl (C=O) groups excluding carboxylic acids is 3. The molecule has 148 valence electrons. The highest BCUT2D eigenvalue weighted by Gasteiger charge is 2.42. The molecule has 6 nitrogen and oxygen atoms in total. The van der Waals surface area contributed by atoms with Crippen LogP contribution in [0.1, 0.15) is 84.0 Å². The molecule has 1 saturated carbocycles. The minimum atomic E-state index is -0.813. The van der Waals surface area contributed by atoms with E-state index in [-0.39, 0.29) is 17.8 Å². The van der Waals surface area contributed by atoms with Crippen LogP contribution in [0.15, 0.2) is 0 Å². The lowest BCUT2D eigenvalue weighted by Gasteiger charge is -2.25. The van der Waals surface area contributed by atoms with Crippen molar-refractivity contribution in [3.63, 3.8) is 0 Å². The Morgan fingerprint density at radius 2 is 1.70 bits per heavy atom. The van der Waals surface area contributed by atoms with Crippen LogP contribution in [0.3, 0.4) is 0 Å². The molecule has 0 spiro atoms. The van der Waals surface area contributed by atoms with Gasteiger partial charge in [-0.15, -0.1) is 0 Å². The Bertz CT molecular complexity index is 727. The largest absolute Gasteiger partial charge is 0.468 e. The molecule has 0 saturated heterocycles. The lowest BCUT2D eigenvalue weighted by atomic mass is 9.77. The predicted octanol–water partition coefficient (Wildman–Crippen LogP) is 3.76. The summed E-state index contributed by atoms with van der Waals surface area (Å²) in [6.07, 6.45) is 8.04. The number of hydrogen-bond donors (Lipinski definition) is 1. The van der Waals surface area contributed by atoms with E-state index in [4.69, 9.17) is 9.47 Å². The Morgan fingerprint density at radius 1 is 1.07 bits per heavy atom. The SMILES string of the molecule is COC(=O)[C@@H]1C(=O)c2c([nH]c(C(=O)OC3CCCCCCC3)c2C)C[C@H]1C. The van der Waals surface area contributed by atoms with E-state index in [2.05, 4.69) is 4.98 Å². The van der Waals surface area contributed by atoms with Crippen LogP contribution in [0.2, 0.25) is 0 Å². The fraction of sp³-hybridized carbons (Fsp3) is 0.667. The maximum Gasteiger partial charge on any atom is 0.355 e. The summed E-state index contributed by atoms with van der Waals surface area (Å²) in [5.74, 6) is -2.18. The smallest absolute Gasteiger partial charge is 0.355 e. The summed E-state index contributed by atoms with van der Waals surface area (Å²) in [6, 6.07) is 0. The molecular weight excluding hydrogens is 346 g/mol. The molecule has 1 aromatic heterocycles. The van der Waals surface area contributed by atoms with Crippen LogP contribution < -0.4 is 0 Å². The first-order valence-corrected chi connectivity index (χ1v) is 9.98. The van der Waals surface area contributed by atoms with E-state index < -0.39 is 17.9 Å². The third kappa shape index (κ3) is 3.94. The van der Waals surface area contributed by atoms with Gasteiger partial charge in [-0.1, -0.05) is 26.2 Å². The molecular formula is C21H29NO5. The van der Waals surface area contributed by atoms with Crippen molar-refractivity contribution in [2.24, 2.45) is 11.8 Å². The van der Waals surface area contributed by atoms with E-state index in [1.807, 2.05) is 6.92 Å². The van der Waals surface area contributed by atoms with Gasteiger partial charge in [0, 0.05) is 11.3 Å². The molecule has 2 atom stereocenters. The van der Waals surface area contributed by atoms with Crippen molar-refractivity contribution in [3.05, 3.63) is 22.5 Å². The number of aromatic nitrogens is 1. The number of Topliss-reactive ketones (excluding diaryl/α,β-unsaturated/α-hetero) is 1. The maximum atomic E-state index is 12.9. The molecule has 1 N–H and O–H groups in total. The summed E-state index contributed by atoms with van der Waals surface area (Å²) < 4.78 is 10.6. The highest BCUT2D eigenvalue weighted by Crippen LogP contribution is 2.34. The molecule has 3 rings (SSSR count). The van der Waals surface area contributed by atoms with Crippen molar-refractivity contribution in [2.75, 3.05) is 7.11 Å². The number of aromatic amines is 1. The second-order valence-corrected chi connectivity index (χ2v) is 7.90. The average Bonchev–Trinajstić information content (AvgIpc) is 2.93. The number of H-pyrrole nitrogens is 1. The standard InChI is InChI=1S/C21H29NO5/c1-12-11-15-17(19(23)16(12)20(24)26-3)13(2)18(22-15)21(25)27-14-9-7-5-4-6-8-10-14/h12,14,16,22H,4-11H2,1-3H3/t12-,16+/m1/s1. The first kappa shape index (κ1) is 19.6. The van der Waals surface area contributed by atoms with E-state index in [0.717, 1.165) is 31.4 Å². The highest BCUT2D eigenvalue weighted by molar-refractivity contribution is 6.12. The summed E-state index contributed by atoms with van der Waals surface area (Å²) in [7, 11) is 1.29. The summed E-state index contributed by atoms with van der Waals surface area (Å²) in [4.78, 5) is 40.8. The van der Waals surface area contributed by atoms with Gasteiger partial charge in [0.15, 0.2) is 5.78 Å². The average molecular weight is 375 g/mol. The second kappa shape index (κ2) is 8.28. The summed E-state index contributed by atoms with van der Waals surface area (Å²) >= 11 is 0.